The molecule has 1 nitrogen and oxygen atoms in total. The van der Waals surface area contributed by atoms with E-state index in [1.807, 2.05) is 39.2 Å². The Balaban J connectivity index is 0.000000408. The maximum atomic E-state index is 3.38. The average Bonchev–Trinajstić information content (AvgIpc) is 3.45. The van der Waals surface area contributed by atoms with Gasteiger partial charge in [0.15, 0.2) is 0 Å². The zero-order chi connectivity index (χ0) is 18.9. The minimum Gasteiger partial charge on any atom is -0.317 e. The minimum absolute atomic E-state index is 0. The molecule has 1 atom stereocenters. The summed E-state index contributed by atoms with van der Waals surface area (Å²) in [7, 11) is 1.51. The van der Waals surface area contributed by atoms with Gasteiger partial charge in [-0.2, -0.15) is 0 Å². The third-order valence-corrected chi connectivity index (χ3v) is 7.07. The number of hydrogen-bond acceptors (Lipinski definition) is 1. The van der Waals surface area contributed by atoms with Gasteiger partial charge in [0.05, 0.1) is 0 Å². The fourth-order valence-electron chi connectivity index (χ4n) is 3.05. The Labute approximate surface area is 184 Å². The van der Waals surface area contributed by atoms with E-state index in [0.717, 1.165) is 0 Å². The van der Waals surface area contributed by atoms with Crippen molar-refractivity contribution in [3.8, 4) is 0 Å². The van der Waals surface area contributed by atoms with Crippen molar-refractivity contribution in [3.63, 3.8) is 0 Å². The molecule has 28 heavy (non-hydrogen) atoms. The van der Waals surface area contributed by atoms with Crippen LogP contribution in [0.3, 0.4) is 0 Å². The smallest absolute Gasteiger partial charge is 0.317 e. The van der Waals surface area contributed by atoms with Crippen molar-refractivity contribution >= 4 is 18.5 Å². The second-order valence-corrected chi connectivity index (χ2v) is 8.53. The summed E-state index contributed by atoms with van der Waals surface area (Å²) in [5, 5.41) is 6.18. The zero-order valence-electron chi connectivity index (χ0n) is 16.3. The van der Waals surface area contributed by atoms with Crippen LogP contribution in [0.5, 0.6) is 0 Å². The van der Waals surface area contributed by atoms with Crippen LogP contribution in [0.1, 0.15) is 6.92 Å². The SMILES string of the molecule is CN[C@H](C)[C]1[CH][CH][CH][C]1P(c1ccccc1)c1ccccc1.[CH]1[CH][CH][CH][CH]1.[Fe+2]. The van der Waals surface area contributed by atoms with Crippen LogP contribution < -0.4 is 15.9 Å². The Morgan fingerprint density at radius 3 is 1.57 bits per heavy atom. The summed E-state index contributed by atoms with van der Waals surface area (Å²) < 4.78 is 0. The molecule has 0 amide bonds. The van der Waals surface area contributed by atoms with E-state index in [-0.39, 0.29) is 17.1 Å². The third kappa shape index (κ3) is 6.43. The molecular formula is C25H26FeNP+2. The molecule has 1 N–H and O–H groups in total. The van der Waals surface area contributed by atoms with Gasteiger partial charge in [-0.25, -0.2) is 0 Å². The van der Waals surface area contributed by atoms with Gasteiger partial charge in [-0.1, -0.05) is 60.7 Å². The minimum atomic E-state index is -0.508. The van der Waals surface area contributed by atoms with Gasteiger partial charge in [0, 0.05) is 17.6 Å². The molecule has 142 valence electrons. The fourth-order valence-corrected chi connectivity index (χ4v) is 5.61. The molecule has 2 aromatic rings. The summed E-state index contributed by atoms with van der Waals surface area (Å²) in [6.45, 7) is 2.22. The van der Waals surface area contributed by atoms with Crippen LogP contribution in [-0.4, -0.2) is 13.1 Å². The molecule has 0 bridgehead atoms. The summed E-state index contributed by atoms with van der Waals surface area (Å²) in [5.41, 5.74) is 1.45. The topological polar surface area (TPSA) is 12.0 Å². The maximum absolute atomic E-state index is 3.38. The number of hydrogen-bond donors (Lipinski definition) is 1. The molecule has 0 heterocycles. The first-order valence-corrected chi connectivity index (χ1v) is 10.6. The summed E-state index contributed by atoms with van der Waals surface area (Å²) in [6.07, 6.45) is 16.7. The number of nitrogens with one attached hydrogen (secondary N) is 1. The summed E-state index contributed by atoms with van der Waals surface area (Å²) >= 11 is 0. The average molecular weight is 427 g/mol. The predicted molar refractivity (Wildman–Crippen MR) is 118 cm³/mol. The normalized spacial score (nSPS) is 18.4. The van der Waals surface area contributed by atoms with Crippen LogP contribution in [0.15, 0.2) is 60.7 Å². The molecule has 0 aromatic heterocycles. The Kier molecular flexibility index (Phi) is 10.8. The molecule has 0 aliphatic heterocycles. The third-order valence-electron chi connectivity index (χ3n) is 4.55. The first-order chi connectivity index (χ1) is 13.3. The molecular weight excluding hydrogens is 401 g/mol. The Bertz CT molecular complexity index is 597. The van der Waals surface area contributed by atoms with Crippen LogP contribution in [0.2, 0.25) is 0 Å². The monoisotopic (exact) mass is 427 g/mol. The second-order valence-electron chi connectivity index (χ2n) is 6.35. The van der Waals surface area contributed by atoms with E-state index in [1.165, 1.54) is 22.2 Å². The van der Waals surface area contributed by atoms with Crippen molar-refractivity contribution in [1.82, 2.24) is 5.32 Å². The Morgan fingerprint density at radius 2 is 1.14 bits per heavy atom. The zero-order valence-corrected chi connectivity index (χ0v) is 18.3. The van der Waals surface area contributed by atoms with E-state index in [4.69, 9.17) is 0 Å². The molecule has 2 fully saturated rings. The fraction of sp³-hybridized carbons (Fsp3) is 0.120. The van der Waals surface area contributed by atoms with E-state index in [9.17, 15) is 0 Å². The Morgan fingerprint density at radius 1 is 0.679 bits per heavy atom. The first-order valence-electron chi connectivity index (χ1n) is 9.31. The van der Waals surface area contributed by atoms with E-state index in [2.05, 4.69) is 92.2 Å². The van der Waals surface area contributed by atoms with E-state index >= 15 is 0 Å². The van der Waals surface area contributed by atoms with Gasteiger partial charge in [-0.05, 0) is 83.9 Å². The van der Waals surface area contributed by atoms with Gasteiger partial charge in [0.2, 0.25) is 0 Å². The van der Waals surface area contributed by atoms with Gasteiger partial charge in [-0.3, -0.25) is 0 Å². The van der Waals surface area contributed by atoms with Crippen LogP contribution in [0.4, 0.5) is 0 Å². The number of rotatable bonds is 5. The standard InChI is InChI=1S/C20H21NP.C5H5.Fe/c1-16(21-2)19-14-9-15-20(19)22(17-10-5-3-6-11-17)18-12-7-4-8-13-18;1-2-4-5-3-1;/h3-16,21H,1-2H3;1-5H;/q;;+2/t16-;;/m1../s1. The molecule has 0 saturated heterocycles. The number of benzene rings is 2. The maximum Gasteiger partial charge on any atom is 2.00 e. The van der Waals surface area contributed by atoms with Crippen LogP contribution in [-0.2, 0) is 17.1 Å². The summed E-state index contributed by atoms with van der Waals surface area (Å²) in [4.78, 5) is 0. The van der Waals surface area contributed by atoms with Crippen molar-refractivity contribution in [1.29, 1.82) is 0 Å². The summed E-state index contributed by atoms with van der Waals surface area (Å²) in [6, 6.07) is 22.1. The van der Waals surface area contributed by atoms with Gasteiger partial charge in [0.1, 0.15) is 0 Å². The van der Waals surface area contributed by atoms with Crippen molar-refractivity contribution in [2.24, 2.45) is 0 Å². The summed E-state index contributed by atoms with van der Waals surface area (Å²) in [5.74, 6) is 1.40. The molecule has 0 unspecified atom stereocenters. The molecule has 0 spiro atoms. The molecule has 2 aliphatic rings. The van der Waals surface area contributed by atoms with Gasteiger partial charge < -0.3 is 5.32 Å². The van der Waals surface area contributed by atoms with E-state index < -0.39 is 7.92 Å². The second kappa shape index (κ2) is 12.8. The van der Waals surface area contributed by atoms with Crippen molar-refractivity contribution in [2.75, 3.05) is 7.05 Å². The predicted octanol–water partition coefficient (Wildman–Crippen LogP) is 4.48. The van der Waals surface area contributed by atoms with Crippen molar-refractivity contribution in [3.05, 3.63) is 124 Å². The van der Waals surface area contributed by atoms with Crippen LogP contribution >= 0.6 is 7.92 Å². The molecule has 4 rings (SSSR count). The van der Waals surface area contributed by atoms with Crippen LogP contribution in [0, 0.1) is 62.9 Å². The van der Waals surface area contributed by atoms with Gasteiger partial charge in [0.25, 0.3) is 0 Å². The largest absolute Gasteiger partial charge is 2.00 e. The first kappa shape index (κ1) is 23.6. The molecule has 2 aromatic carbocycles. The quantitative estimate of drug-likeness (QED) is 0.548. The van der Waals surface area contributed by atoms with E-state index in [0.29, 0.717) is 6.04 Å². The molecule has 3 heteroatoms. The Hall–Kier alpha value is -0.651. The van der Waals surface area contributed by atoms with Gasteiger partial charge in [-0.15, -0.1) is 0 Å². The van der Waals surface area contributed by atoms with Crippen molar-refractivity contribution in [2.45, 2.75) is 13.0 Å². The van der Waals surface area contributed by atoms with Gasteiger partial charge >= 0.3 is 17.1 Å². The molecule has 2 aliphatic carbocycles. The van der Waals surface area contributed by atoms with Crippen molar-refractivity contribution < 1.29 is 17.1 Å². The molecule has 10 radical (unpaired) electrons. The molecule has 2 saturated carbocycles. The van der Waals surface area contributed by atoms with Crippen LogP contribution in [0.25, 0.3) is 0 Å². The van der Waals surface area contributed by atoms with E-state index in [1.54, 1.807) is 0 Å².